The predicted molar refractivity (Wildman–Crippen MR) is 87.8 cm³/mol. The highest BCUT2D eigenvalue weighted by atomic mass is 79.9. The normalized spacial score (nSPS) is 23.0. The van der Waals surface area contributed by atoms with Gasteiger partial charge >= 0.3 is 0 Å². The van der Waals surface area contributed by atoms with Crippen molar-refractivity contribution in [1.29, 1.82) is 0 Å². The maximum absolute atomic E-state index is 13.1. The van der Waals surface area contributed by atoms with Gasteiger partial charge in [0.25, 0.3) is 0 Å². The van der Waals surface area contributed by atoms with E-state index in [2.05, 4.69) is 20.9 Å². The minimum absolute atomic E-state index is 0.430. The first-order chi connectivity index (χ1) is 9.85. The molecule has 1 aliphatic rings. The molecular formula is C15H15BrN2O2S. The average Bonchev–Trinajstić information content (AvgIpc) is 2.87. The SMILES string of the molecule is CC1=CC(C)(S(=O)(=O)n2ccc3cccnc32)CC=C1Br. The van der Waals surface area contributed by atoms with Crippen LogP contribution in [0.15, 0.2) is 52.8 Å². The van der Waals surface area contributed by atoms with Gasteiger partial charge in [-0.1, -0.05) is 28.1 Å². The number of nitrogens with zero attached hydrogens (tertiary/aromatic N) is 2. The van der Waals surface area contributed by atoms with E-state index in [1.807, 2.05) is 19.1 Å². The molecule has 0 saturated carbocycles. The van der Waals surface area contributed by atoms with E-state index in [9.17, 15) is 8.42 Å². The minimum atomic E-state index is -3.59. The van der Waals surface area contributed by atoms with Gasteiger partial charge in [0.1, 0.15) is 4.75 Å². The molecule has 0 radical (unpaired) electrons. The molecule has 6 heteroatoms. The van der Waals surface area contributed by atoms with E-state index in [-0.39, 0.29) is 0 Å². The van der Waals surface area contributed by atoms with Crippen LogP contribution >= 0.6 is 15.9 Å². The average molecular weight is 367 g/mol. The van der Waals surface area contributed by atoms with E-state index in [0.29, 0.717) is 12.1 Å². The lowest BCUT2D eigenvalue weighted by atomic mass is 9.98. The Morgan fingerprint density at radius 1 is 1.38 bits per heavy atom. The van der Waals surface area contributed by atoms with Gasteiger partial charge < -0.3 is 0 Å². The van der Waals surface area contributed by atoms with Gasteiger partial charge in [0.15, 0.2) is 5.65 Å². The zero-order valence-electron chi connectivity index (χ0n) is 11.7. The maximum atomic E-state index is 13.1. The molecule has 0 N–H and O–H groups in total. The Bertz CT molecular complexity index is 880. The van der Waals surface area contributed by atoms with Gasteiger partial charge in [0, 0.05) is 22.3 Å². The number of halogens is 1. The van der Waals surface area contributed by atoms with Crippen LogP contribution in [-0.4, -0.2) is 22.1 Å². The van der Waals surface area contributed by atoms with E-state index in [4.69, 9.17) is 0 Å². The van der Waals surface area contributed by atoms with E-state index < -0.39 is 14.8 Å². The molecule has 1 aliphatic carbocycles. The van der Waals surface area contributed by atoms with Gasteiger partial charge in [-0.05, 0) is 44.0 Å². The van der Waals surface area contributed by atoms with Crippen LogP contribution in [0.4, 0.5) is 0 Å². The van der Waals surface area contributed by atoms with Gasteiger partial charge in [-0.15, -0.1) is 0 Å². The molecule has 110 valence electrons. The zero-order chi connectivity index (χ0) is 15.3. The summed E-state index contributed by atoms with van der Waals surface area (Å²) in [5, 5.41) is 0.818. The monoisotopic (exact) mass is 366 g/mol. The van der Waals surface area contributed by atoms with Crippen molar-refractivity contribution in [2.45, 2.75) is 25.0 Å². The van der Waals surface area contributed by atoms with Crippen LogP contribution in [0.1, 0.15) is 20.3 Å². The first-order valence-corrected chi connectivity index (χ1v) is 8.81. The molecule has 21 heavy (non-hydrogen) atoms. The highest BCUT2D eigenvalue weighted by Crippen LogP contribution is 2.36. The van der Waals surface area contributed by atoms with Gasteiger partial charge in [0.05, 0.1) is 0 Å². The van der Waals surface area contributed by atoms with E-state index in [0.717, 1.165) is 15.4 Å². The molecule has 1 unspecified atom stereocenters. The van der Waals surface area contributed by atoms with E-state index in [1.54, 1.807) is 37.5 Å². The van der Waals surface area contributed by atoms with Crippen molar-refractivity contribution in [3.63, 3.8) is 0 Å². The summed E-state index contributed by atoms with van der Waals surface area (Å²) in [6.07, 6.45) is 7.33. The summed E-state index contributed by atoms with van der Waals surface area (Å²) in [5.74, 6) is 0. The largest absolute Gasteiger partial charge is 0.249 e. The molecule has 2 aromatic heterocycles. The first-order valence-electron chi connectivity index (χ1n) is 6.58. The Labute approximate surface area is 132 Å². The summed E-state index contributed by atoms with van der Waals surface area (Å²) in [5.41, 5.74) is 1.40. The summed E-state index contributed by atoms with van der Waals surface area (Å²) < 4.78 is 27.4. The number of hydrogen-bond donors (Lipinski definition) is 0. The minimum Gasteiger partial charge on any atom is -0.237 e. The molecule has 4 nitrogen and oxygen atoms in total. The Kier molecular flexibility index (Phi) is 3.33. The Hall–Kier alpha value is -1.40. The quantitative estimate of drug-likeness (QED) is 0.815. The molecule has 3 rings (SSSR count). The number of aromatic nitrogens is 2. The highest BCUT2D eigenvalue weighted by Gasteiger charge is 2.40. The van der Waals surface area contributed by atoms with Gasteiger partial charge in [-0.2, -0.15) is 0 Å². The summed E-state index contributed by atoms with van der Waals surface area (Å²) in [7, 11) is -3.59. The first kappa shape index (κ1) is 14.5. The molecule has 0 bridgehead atoms. The Morgan fingerprint density at radius 2 is 2.14 bits per heavy atom. The van der Waals surface area contributed by atoms with E-state index >= 15 is 0 Å². The number of rotatable bonds is 2. The van der Waals surface area contributed by atoms with Gasteiger partial charge in [-0.25, -0.2) is 17.4 Å². The summed E-state index contributed by atoms with van der Waals surface area (Å²) in [4.78, 5) is 4.21. The van der Waals surface area contributed by atoms with Crippen LogP contribution in [0, 0.1) is 0 Å². The fraction of sp³-hybridized carbons (Fsp3) is 0.267. The zero-order valence-corrected chi connectivity index (χ0v) is 14.1. The van der Waals surface area contributed by atoms with Crippen molar-refractivity contribution in [3.8, 4) is 0 Å². The third-order valence-corrected chi connectivity index (χ3v) is 7.07. The van der Waals surface area contributed by atoms with Crippen LogP contribution in [0.25, 0.3) is 11.0 Å². The van der Waals surface area contributed by atoms with Crippen LogP contribution in [0.3, 0.4) is 0 Å². The van der Waals surface area contributed by atoms with Crippen molar-refractivity contribution >= 4 is 37.0 Å². The molecular weight excluding hydrogens is 352 g/mol. The molecule has 1 atom stereocenters. The highest BCUT2D eigenvalue weighted by molar-refractivity contribution is 9.12. The van der Waals surface area contributed by atoms with Crippen molar-refractivity contribution in [2.24, 2.45) is 0 Å². The summed E-state index contributed by atoms with van der Waals surface area (Å²) in [6, 6.07) is 5.43. The Morgan fingerprint density at radius 3 is 2.86 bits per heavy atom. The topological polar surface area (TPSA) is 52.0 Å². The lowest BCUT2D eigenvalue weighted by Crippen LogP contribution is -2.38. The second-order valence-corrected chi connectivity index (χ2v) is 8.56. The van der Waals surface area contributed by atoms with Crippen LogP contribution in [0.5, 0.6) is 0 Å². The number of allylic oxidation sites excluding steroid dienone is 3. The van der Waals surface area contributed by atoms with Gasteiger partial charge in [0.2, 0.25) is 10.0 Å². The smallest absolute Gasteiger partial charge is 0.237 e. The van der Waals surface area contributed by atoms with Crippen LogP contribution < -0.4 is 0 Å². The van der Waals surface area contributed by atoms with Crippen molar-refractivity contribution in [1.82, 2.24) is 8.96 Å². The molecule has 0 saturated heterocycles. The second-order valence-electron chi connectivity index (χ2n) is 5.43. The molecule has 0 amide bonds. The third kappa shape index (κ3) is 2.17. The van der Waals surface area contributed by atoms with Crippen LogP contribution in [0.2, 0.25) is 0 Å². The molecule has 0 aromatic carbocycles. The van der Waals surface area contributed by atoms with E-state index in [1.165, 1.54) is 3.97 Å². The van der Waals surface area contributed by atoms with Crippen molar-refractivity contribution in [3.05, 3.63) is 52.8 Å². The van der Waals surface area contributed by atoms with Crippen molar-refractivity contribution < 1.29 is 8.42 Å². The van der Waals surface area contributed by atoms with Crippen LogP contribution in [-0.2, 0) is 10.0 Å². The fourth-order valence-electron chi connectivity index (χ4n) is 2.58. The second kappa shape index (κ2) is 4.81. The van der Waals surface area contributed by atoms with Crippen molar-refractivity contribution in [2.75, 3.05) is 0 Å². The molecule has 2 heterocycles. The predicted octanol–water partition coefficient (Wildman–Crippen LogP) is 3.60. The molecule has 2 aromatic rings. The lowest BCUT2D eigenvalue weighted by molar-refractivity contribution is 0.553. The Balaban J connectivity index is 2.18. The summed E-state index contributed by atoms with van der Waals surface area (Å²) >= 11 is 3.44. The van der Waals surface area contributed by atoms with Gasteiger partial charge in [-0.3, -0.25) is 0 Å². The third-order valence-electron chi connectivity index (χ3n) is 3.85. The maximum Gasteiger partial charge on any atom is 0.249 e. The molecule has 0 fully saturated rings. The number of fused-ring (bicyclic) bond motifs is 1. The summed E-state index contributed by atoms with van der Waals surface area (Å²) in [6.45, 7) is 3.65. The number of hydrogen-bond acceptors (Lipinski definition) is 3. The lowest BCUT2D eigenvalue weighted by Gasteiger charge is -2.29. The number of pyridine rings is 1. The molecule has 0 spiro atoms. The fourth-order valence-corrected chi connectivity index (χ4v) is 4.53. The molecule has 0 aliphatic heterocycles. The standard InChI is InChI=1S/C15H15BrN2O2S/c1-11-10-15(2,7-5-13(11)16)21(19,20)18-9-6-12-4-3-8-17-14(12)18/h3-6,8-10H,7H2,1-2H3.